The third-order valence-electron chi connectivity index (χ3n) is 5.66. The minimum absolute atomic E-state index is 0.510. The fraction of sp³-hybridized carbons (Fsp3) is 0.292. The molecule has 0 aliphatic rings. The van der Waals surface area contributed by atoms with Gasteiger partial charge in [0.15, 0.2) is 5.82 Å². The molecule has 4 aromatic rings. The number of aromatic amines is 1. The second-order valence-corrected chi connectivity index (χ2v) is 8.84. The molecule has 33 heavy (non-hydrogen) atoms. The van der Waals surface area contributed by atoms with E-state index in [0.717, 1.165) is 45.7 Å². The van der Waals surface area contributed by atoms with E-state index in [4.69, 9.17) is 33.7 Å². The summed E-state index contributed by atoms with van der Waals surface area (Å²) >= 11 is 11.8. The number of hydrogen-bond acceptors (Lipinski definition) is 5. The molecule has 1 N–H and O–H groups in total. The predicted octanol–water partition coefficient (Wildman–Crippen LogP) is 5.22. The van der Waals surface area contributed by atoms with Crippen molar-refractivity contribution >= 4 is 23.8 Å². The lowest BCUT2D eigenvalue weighted by Gasteiger charge is -2.17. The monoisotopic (exact) mass is 482 g/mol. The van der Waals surface area contributed by atoms with Crippen molar-refractivity contribution in [1.82, 2.24) is 29.4 Å². The van der Waals surface area contributed by atoms with E-state index in [-0.39, 0.29) is 0 Å². The summed E-state index contributed by atoms with van der Waals surface area (Å²) in [5.41, 5.74) is 5.35. The average Bonchev–Trinajstić information content (AvgIpc) is 3.29. The van der Waals surface area contributed by atoms with E-state index >= 15 is 0 Å². The van der Waals surface area contributed by atoms with Gasteiger partial charge < -0.3 is 4.74 Å². The standard InChI is InChI=1S/C24H27ClN6OS/c1-16-21(17(2)30(27-16)13-19-7-5-6-8-22(19)25)14-29(3)15-31-24(33)26-23(28-31)18-9-11-20(32-4)12-10-18/h5-12H,13-15H2,1-4H3,(H,26,28,33). The van der Waals surface area contributed by atoms with Crippen molar-refractivity contribution in [2.24, 2.45) is 0 Å². The number of H-pyrrole nitrogens is 1. The number of methoxy groups -OCH3 is 1. The number of benzene rings is 2. The molecule has 2 heterocycles. The Labute approximate surface area is 203 Å². The number of ether oxygens (including phenoxy) is 1. The van der Waals surface area contributed by atoms with Gasteiger partial charge in [0.1, 0.15) is 5.75 Å². The molecule has 172 valence electrons. The van der Waals surface area contributed by atoms with Gasteiger partial charge in [-0.05, 0) is 69.0 Å². The normalized spacial score (nSPS) is 11.3. The van der Waals surface area contributed by atoms with E-state index in [2.05, 4.69) is 29.0 Å². The first-order valence-corrected chi connectivity index (χ1v) is 11.4. The quantitative estimate of drug-likeness (QED) is 0.349. The predicted molar refractivity (Wildman–Crippen MR) is 133 cm³/mol. The van der Waals surface area contributed by atoms with Crippen LogP contribution in [-0.4, -0.2) is 43.6 Å². The zero-order valence-corrected chi connectivity index (χ0v) is 20.7. The van der Waals surface area contributed by atoms with Gasteiger partial charge in [0.05, 0.1) is 26.0 Å². The summed E-state index contributed by atoms with van der Waals surface area (Å²) in [6.07, 6.45) is 0. The lowest BCUT2D eigenvalue weighted by molar-refractivity contribution is 0.243. The number of nitrogens with zero attached hydrogens (tertiary/aromatic N) is 5. The van der Waals surface area contributed by atoms with Crippen LogP contribution < -0.4 is 4.74 Å². The van der Waals surface area contributed by atoms with Crippen LogP contribution in [0, 0.1) is 18.6 Å². The maximum Gasteiger partial charge on any atom is 0.217 e. The second-order valence-electron chi connectivity index (χ2n) is 8.07. The van der Waals surface area contributed by atoms with Crippen molar-refractivity contribution in [3.05, 3.63) is 80.8 Å². The van der Waals surface area contributed by atoms with Crippen LogP contribution in [0.1, 0.15) is 22.5 Å². The summed E-state index contributed by atoms with van der Waals surface area (Å²) < 4.78 is 9.62. The largest absolute Gasteiger partial charge is 0.497 e. The second kappa shape index (κ2) is 9.91. The lowest BCUT2D eigenvalue weighted by atomic mass is 10.2. The van der Waals surface area contributed by atoms with Crippen LogP contribution in [0.3, 0.4) is 0 Å². The number of hydrogen-bond donors (Lipinski definition) is 1. The maximum absolute atomic E-state index is 6.35. The molecule has 2 aromatic carbocycles. The Bertz CT molecular complexity index is 1310. The Morgan fingerprint density at radius 2 is 1.85 bits per heavy atom. The van der Waals surface area contributed by atoms with Gasteiger partial charge >= 0.3 is 0 Å². The highest BCUT2D eigenvalue weighted by atomic mass is 35.5. The van der Waals surface area contributed by atoms with Crippen molar-refractivity contribution < 1.29 is 4.74 Å². The fourth-order valence-electron chi connectivity index (χ4n) is 3.80. The Morgan fingerprint density at radius 1 is 1.12 bits per heavy atom. The molecular weight excluding hydrogens is 456 g/mol. The summed E-state index contributed by atoms with van der Waals surface area (Å²) in [4.78, 5) is 6.70. The molecule has 0 fully saturated rings. The lowest BCUT2D eigenvalue weighted by Crippen LogP contribution is -2.23. The minimum Gasteiger partial charge on any atom is -0.497 e. The van der Waals surface area contributed by atoms with E-state index in [0.29, 0.717) is 18.0 Å². The van der Waals surface area contributed by atoms with Crippen molar-refractivity contribution in [3.8, 4) is 17.1 Å². The Kier molecular flexibility index (Phi) is 6.97. The van der Waals surface area contributed by atoms with Crippen molar-refractivity contribution in [1.29, 1.82) is 0 Å². The van der Waals surface area contributed by atoms with E-state index in [9.17, 15) is 0 Å². The third-order valence-corrected chi connectivity index (χ3v) is 6.34. The Balaban J connectivity index is 1.47. The van der Waals surface area contributed by atoms with Crippen LogP contribution in [0.2, 0.25) is 5.02 Å². The zero-order chi connectivity index (χ0) is 23.5. The molecule has 0 bridgehead atoms. The van der Waals surface area contributed by atoms with Gasteiger partial charge in [0.25, 0.3) is 0 Å². The number of aromatic nitrogens is 5. The SMILES string of the molecule is COc1ccc(-c2nc(=S)n(CN(C)Cc3c(C)nn(Cc4ccccc4Cl)c3C)[nH]2)cc1. The minimum atomic E-state index is 0.510. The topological polar surface area (TPSA) is 63.9 Å². The zero-order valence-electron chi connectivity index (χ0n) is 19.2. The summed E-state index contributed by atoms with van der Waals surface area (Å²) in [5.74, 6) is 1.54. The summed E-state index contributed by atoms with van der Waals surface area (Å²) in [6, 6.07) is 15.6. The van der Waals surface area contributed by atoms with Gasteiger partial charge in [0.2, 0.25) is 4.77 Å². The van der Waals surface area contributed by atoms with Crippen molar-refractivity contribution in [2.45, 2.75) is 33.6 Å². The van der Waals surface area contributed by atoms with Crippen LogP contribution in [0.4, 0.5) is 0 Å². The molecule has 0 atom stereocenters. The highest BCUT2D eigenvalue weighted by molar-refractivity contribution is 7.71. The highest BCUT2D eigenvalue weighted by Gasteiger charge is 2.15. The van der Waals surface area contributed by atoms with Gasteiger partial charge in [-0.2, -0.15) is 10.1 Å². The van der Waals surface area contributed by atoms with Gasteiger partial charge in [-0.3, -0.25) is 14.7 Å². The summed E-state index contributed by atoms with van der Waals surface area (Å²) in [6.45, 7) is 6.11. The number of rotatable bonds is 8. The van der Waals surface area contributed by atoms with E-state index in [1.165, 1.54) is 5.56 Å². The maximum atomic E-state index is 6.35. The van der Waals surface area contributed by atoms with E-state index < -0.39 is 0 Å². The molecule has 0 unspecified atom stereocenters. The van der Waals surface area contributed by atoms with E-state index in [1.807, 2.05) is 64.8 Å². The molecule has 0 saturated carbocycles. The number of nitrogens with one attached hydrogen (secondary N) is 1. The Morgan fingerprint density at radius 3 is 2.55 bits per heavy atom. The van der Waals surface area contributed by atoms with Gasteiger partial charge in [0, 0.05) is 28.4 Å². The first kappa shape index (κ1) is 23.2. The molecule has 7 nitrogen and oxygen atoms in total. The molecule has 9 heteroatoms. The van der Waals surface area contributed by atoms with Crippen molar-refractivity contribution in [3.63, 3.8) is 0 Å². The number of halogens is 1. The molecule has 0 amide bonds. The van der Waals surface area contributed by atoms with Crippen LogP contribution in [0.25, 0.3) is 11.4 Å². The summed E-state index contributed by atoms with van der Waals surface area (Å²) in [5, 5.41) is 8.82. The fourth-order valence-corrected chi connectivity index (χ4v) is 4.19. The highest BCUT2D eigenvalue weighted by Crippen LogP contribution is 2.21. The third kappa shape index (κ3) is 5.19. The Hall–Kier alpha value is -2.94. The van der Waals surface area contributed by atoms with Gasteiger partial charge in [-0.25, -0.2) is 4.68 Å². The average molecular weight is 483 g/mol. The van der Waals surface area contributed by atoms with Gasteiger partial charge in [-0.1, -0.05) is 29.8 Å². The first-order chi connectivity index (χ1) is 15.9. The summed E-state index contributed by atoms with van der Waals surface area (Å²) in [7, 11) is 3.71. The van der Waals surface area contributed by atoms with Crippen LogP contribution >= 0.6 is 23.8 Å². The molecule has 2 aromatic heterocycles. The van der Waals surface area contributed by atoms with Crippen molar-refractivity contribution in [2.75, 3.05) is 14.2 Å². The smallest absolute Gasteiger partial charge is 0.217 e. The van der Waals surface area contributed by atoms with E-state index in [1.54, 1.807) is 7.11 Å². The molecule has 0 saturated heterocycles. The first-order valence-electron chi connectivity index (χ1n) is 10.6. The van der Waals surface area contributed by atoms with Crippen LogP contribution in [0.5, 0.6) is 5.75 Å². The van der Waals surface area contributed by atoms with Gasteiger partial charge in [-0.15, -0.1) is 0 Å². The molecule has 0 radical (unpaired) electrons. The molecular formula is C24H27ClN6OS. The molecule has 0 spiro atoms. The number of aryl methyl sites for hydroxylation is 1. The molecule has 0 aliphatic carbocycles. The van der Waals surface area contributed by atoms with Crippen LogP contribution in [-0.2, 0) is 19.8 Å². The molecule has 4 rings (SSSR count). The van der Waals surface area contributed by atoms with Crippen LogP contribution in [0.15, 0.2) is 48.5 Å². The molecule has 0 aliphatic heterocycles.